The van der Waals surface area contributed by atoms with Crippen molar-refractivity contribution in [3.63, 3.8) is 0 Å². The molecule has 0 spiro atoms. The number of nitrogens with one attached hydrogen (secondary N) is 2. The van der Waals surface area contributed by atoms with Crippen molar-refractivity contribution in [3.8, 4) is 0 Å². The lowest BCUT2D eigenvalue weighted by Crippen LogP contribution is -2.44. The first-order chi connectivity index (χ1) is 6.61. The number of amides is 1. The van der Waals surface area contributed by atoms with Crippen molar-refractivity contribution in [2.24, 2.45) is 0 Å². The predicted molar refractivity (Wildman–Crippen MR) is 54.0 cm³/mol. The van der Waals surface area contributed by atoms with Crippen LogP contribution in [0.4, 0.5) is 0 Å². The maximum absolute atomic E-state index is 11.1. The van der Waals surface area contributed by atoms with E-state index in [9.17, 15) is 9.90 Å². The number of hydrogen-bond donors (Lipinski definition) is 3. The van der Waals surface area contributed by atoms with Crippen LogP contribution in [0.2, 0.25) is 0 Å². The molecular formula is C9H20N2O3. The minimum atomic E-state index is -0.568. The Morgan fingerprint density at radius 1 is 1.57 bits per heavy atom. The Morgan fingerprint density at radius 3 is 2.71 bits per heavy atom. The quantitative estimate of drug-likeness (QED) is 0.503. The summed E-state index contributed by atoms with van der Waals surface area (Å²) in [6.07, 6.45) is -0.568. The molecule has 0 aromatic heterocycles. The molecular weight excluding hydrogens is 184 g/mol. The minimum absolute atomic E-state index is 0.0893. The molecule has 0 radical (unpaired) electrons. The summed E-state index contributed by atoms with van der Waals surface area (Å²) >= 11 is 0. The molecule has 5 nitrogen and oxygen atoms in total. The first-order valence-corrected chi connectivity index (χ1v) is 4.82. The minimum Gasteiger partial charge on any atom is -0.389 e. The van der Waals surface area contributed by atoms with E-state index in [4.69, 9.17) is 4.74 Å². The van der Waals surface area contributed by atoms with Gasteiger partial charge < -0.3 is 20.5 Å². The van der Waals surface area contributed by atoms with Crippen LogP contribution < -0.4 is 10.6 Å². The zero-order chi connectivity index (χ0) is 11.0. The monoisotopic (exact) mass is 204 g/mol. The van der Waals surface area contributed by atoms with Crippen molar-refractivity contribution in [2.75, 3.05) is 26.8 Å². The SMILES string of the molecule is CCOCC(O)CNC(C)C(=O)NC. The van der Waals surface area contributed by atoms with Crippen LogP contribution in [0.1, 0.15) is 13.8 Å². The zero-order valence-electron chi connectivity index (χ0n) is 9.04. The second kappa shape index (κ2) is 7.73. The summed E-state index contributed by atoms with van der Waals surface area (Å²) in [6.45, 7) is 4.85. The molecule has 0 saturated heterocycles. The van der Waals surface area contributed by atoms with Crippen molar-refractivity contribution in [2.45, 2.75) is 26.0 Å². The lowest BCUT2D eigenvalue weighted by Gasteiger charge is -2.15. The van der Waals surface area contributed by atoms with Gasteiger partial charge in [0.1, 0.15) is 0 Å². The van der Waals surface area contributed by atoms with Gasteiger partial charge in [-0.05, 0) is 13.8 Å². The second-order valence-corrected chi connectivity index (χ2v) is 3.06. The van der Waals surface area contributed by atoms with Gasteiger partial charge >= 0.3 is 0 Å². The Hall–Kier alpha value is -0.650. The van der Waals surface area contributed by atoms with Gasteiger partial charge in [0.2, 0.25) is 5.91 Å². The molecule has 0 saturated carbocycles. The van der Waals surface area contributed by atoms with Crippen LogP contribution >= 0.6 is 0 Å². The highest BCUT2D eigenvalue weighted by atomic mass is 16.5. The average Bonchev–Trinajstić information content (AvgIpc) is 2.21. The summed E-state index contributed by atoms with van der Waals surface area (Å²) in [4.78, 5) is 11.1. The van der Waals surface area contributed by atoms with Crippen molar-refractivity contribution in [1.82, 2.24) is 10.6 Å². The van der Waals surface area contributed by atoms with E-state index in [1.165, 1.54) is 0 Å². The normalized spacial score (nSPS) is 14.9. The molecule has 0 aromatic carbocycles. The number of carbonyl (C=O) groups excluding carboxylic acids is 1. The van der Waals surface area contributed by atoms with E-state index in [-0.39, 0.29) is 11.9 Å². The fourth-order valence-electron chi connectivity index (χ4n) is 0.935. The van der Waals surface area contributed by atoms with E-state index in [2.05, 4.69) is 10.6 Å². The average molecular weight is 204 g/mol. The first kappa shape index (κ1) is 13.4. The largest absolute Gasteiger partial charge is 0.389 e. The maximum atomic E-state index is 11.1. The van der Waals surface area contributed by atoms with Crippen LogP contribution in [0, 0.1) is 0 Å². The Morgan fingerprint density at radius 2 is 2.21 bits per heavy atom. The lowest BCUT2D eigenvalue weighted by molar-refractivity contribution is -0.122. The molecule has 0 rings (SSSR count). The Labute approximate surface area is 84.8 Å². The van der Waals surface area contributed by atoms with E-state index in [1.807, 2.05) is 6.92 Å². The molecule has 0 bridgehead atoms. The Kier molecular flexibility index (Phi) is 7.37. The molecule has 14 heavy (non-hydrogen) atoms. The summed E-state index contributed by atoms with van der Waals surface area (Å²) in [5.41, 5.74) is 0. The summed E-state index contributed by atoms with van der Waals surface area (Å²) in [5, 5.41) is 14.8. The Bertz CT molecular complexity index is 164. The van der Waals surface area contributed by atoms with Gasteiger partial charge in [-0.2, -0.15) is 0 Å². The zero-order valence-corrected chi connectivity index (χ0v) is 9.04. The molecule has 5 heteroatoms. The van der Waals surface area contributed by atoms with Crippen LogP contribution in [-0.4, -0.2) is 50.0 Å². The lowest BCUT2D eigenvalue weighted by atomic mass is 10.3. The van der Waals surface area contributed by atoms with Gasteiger partial charge in [-0.15, -0.1) is 0 Å². The van der Waals surface area contributed by atoms with E-state index in [0.29, 0.717) is 19.8 Å². The molecule has 0 aliphatic heterocycles. The van der Waals surface area contributed by atoms with Gasteiger partial charge in [-0.3, -0.25) is 4.79 Å². The number of aliphatic hydroxyl groups is 1. The molecule has 1 amide bonds. The van der Waals surface area contributed by atoms with Gasteiger partial charge in [0, 0.05) is 20.2 Å². The third-order valence-electron chi connectivity index (χ3n) is 1.81. The predicted octanol–water partition coefficient (Wildman–Crippen LogP) is -0.892. The van der Waals surface area contributed by atoms with Gasteiger partial charge in [0.25, 0.3) is 0 Å². The third-order valence-corrected chi connectivity index (χ3v) is 1.81. The summed E-state index contributed by atoms with van der Waals surface area (Å²) in [6, 6.07) is -0.295. The van der Waals surface area contributed by atoms with E-state index in [1.54, 1.807) is 14.0 Å². The van der Waals surface area contributed by atoms with E-state index in [0.717, 1.165) is 0 Å². The van der Waals surface area contributed by atoms with Crippen LogP contribution in [0.15, 0.2) is 0 Å². The smallest absolute Gasteiger partial charge is 0.236 e. The van der Waals surface area contributed by atoms with Crippen LogP contribution in [0.5, 0.6) is 0 Å². The van der Waals surface area contributed by atoms with E-state index < -0.39 is 6.10 Å². The molecule has 0 aliphatic rings. The Balaban J connectivity index is 3.55. The van der Waals surface area contributed by atoms with E-state index >= 15 is 0 Å². The van der Waals surface area contributed by atoms with Gasteiger partial charge in [-0.25, -0.2) is 0 Å². The highest BCUT2D eigenvalue weighted by Gasteiger charge is 2.11. The second-order valence-electron chi connectivity index (χ2n) is 3.06. The number of aliphatic hydroxyl groups excluding tert-OH is 1. The summed E-state index contributed by atoms with van der Waals surface area (Å²) in [7, 11) is 1.58. The van der Waals surface area contributed by atoms with Crippen molar-refractivity contribution < 1.29 is 14.6 Å². The molecule has 3 N–H and O–H groups in total. The van der Waals surface area contributed by atoms with Crippen molar-refractivity contribution in [1.29, 1.82) is 0 Å². The van der Waals surface area contributed by atoms with Crippen LogP contribution in [-0.2, 0) is 9.53 Å². The summed E-state index contributed by atoms with van der Waals surface area (Å²) in [5.74, 6) is -0.0893. The molecule has 0 aromatic rings. The fourth-order valence-corrected chi connectivity index (χ4v) is 0.935. The number of rotatable bonds is 7. The van der Waals surface area contributed by atoms with Crippen LogP contribution in [0.25, 0.3) is 0 Å². The standard InChI is InChI=1S/C9H20N2O3/c1-4-14-6-8(12)5-11-7(2)9(13)10-3/h7-8,11-12H,4-6H2,1-3H3,(H,10,13). The van der Waals surface area contributed by atoms with Gasteiger partial charge in [-0.1, -0.05) is 0 Å². The molecule has 0 heterocycles. The van der Waals surface area contributed by atoms with Crippen molar-refractivity contribution >= 4 is 5.91 Å². The van der Waals surface area contributed by atoms with Crippen LogP contribution in [0.3, 0.4) is 0 Å². The molecule has 84 valence electrons. The highest BCUT2D eigenvalue weighted by molar-refractivity contribution is 5.80. The van der Waals surface area contributed by atoms with Crippen molar-refractivity contribution in [3.05, 3.63) is 0 Å². The van der Waals surface area contributed by atoms with Gasteiger partial charge in [0.15, 0.2) is 0 Å². The molecule has 2 atom stereocenters. The molecule has 0 aliphatic carbocycles. The number of likely N-dealkylation sites (N-methyl/N-ethyl adjacent to an activating group) is 1. The fraction of sp³-hybridized carbons (Fsp3) is 0.889. The number of ether oxygens (including phenoxy) is 1. The molecule has 0 fully saturated rings. The third kappa shape index (κ3) is 5.90. The maximum Gasteiger partial charge on any atom is 0.236 e. The number of hydrogen-bond acceptors (Lipinski definition) is 4. The molecule has 2 unspecified atom stereocenters. The highest BCUT2D eigenvalue weighted by Crippen LogP contribution is 1.86. The topological polar surface area (TPSA) is 70.6 Å². The summed E-state index contributed by atoms with van der Waals surface area (Å²) < 4.78 is 5.02. The van der Waals surface area contributed by atoms with Gasteiger partial charge in [0.05, 0.1) is 18.8 Å². The first-order valence-electron chi connectivity index (χ1n) is 4.82. The number of carbonyl (C=O) groups is 1.